The Morgan fingerprint density at radius 3 is 2.47 bits per heavy atom. The van der Waals surface area contributed by atoms with Gasteiger partial charge in [-0.2, -0.15) is 0 Å². The van der Waals surface area contributed by atoms with E-state index in [-0.39, 0.29) is 31.1 Å². The third-order valence-corrected chi connectivity index (χ3v) is 7.68. The van der Waals surface area contributed by atoms with Crippen LogP contribution in [0.15, 0.2) is 30.5 Å². The van der Waals surface area contributed by atoms with E-state index >= 15 is 0 Å². The molecule has 3 amide bonds. The molecule has 13 nitrogen and oxygen atoms in total. The molecule has 1 fully saturated rings. The second-order valence-corrected chi connectivity index (χ2v) is 12.1. The molecule has 236 valence electrons. The molecule has 2 unspecified atom stereocenters. The molecule has 2 aromatic rings. The van der Waals surface area contributed by atoms with Crippen molar-refractivity contribution in [3.05, 3.63) is 36.0 Å². The number of nitrogens with zero attached hydrogens (tertiary/aromatic N) is 1. The number of hydrogen-bond acceptors (Lipinski definition) is 7. The number of benzene rings is 1. The number of carboxylic acid groups (broad SMARTS) is 1. The fourth-order valence-electron chi connectivity index (χ4n) is 5.16. The number of hydrazine groups is 1. The number of carboxylic acids is 1. The molecule has 3 rings (SSSR count). The van der Waals surface area contributed by atoms with Gasteiger partial charge in [-0.15, -0.1) is 0 Å². The van der Waals surface area contributed by atoms with Gasteiger partial charge in [-0.3, -0.25) is 29.6 Å². The molecule has 1 aromatic carbocycles. The van der Waals surface area contributed by atoms with Gasteiger partial charge in [-0.25, -0.2) is 5.84 Å². The third-order valence-electron chi connectivity index (χ3n) is 7.68. The van der Waals surface area contributed by atoms with E-state index < -0.39 is 41.8 Å². The van der Waals surface area contributed by atoms with Crippen LogP contribution in [0, 0.1) is 11.3 Å². The van der Waals surface area contributed by atoms with E-state index in [0.717, 1.165) is 55.2 Å². The molecule has 0 saturated carbocycles. The number of carbonyl (C=O) groups excluding carboxylic acids is 3. The monoisotopic (exact) mass is 598 g/mol. The van der Waals surface area contributed by atoms with Gasteiger partial charge in [0.15, 0.2) is 0 Å². The number of aromatic amines is 1. The van der Waals surface area contributed by atoms with Crippen LogP contribution < -0.4 is 27.1 Å². The molecule has 0 aliphatic carbocycles. The molecule has 13 heteroatoms. The SMILES string of the molecule is CC(C)(C)N(N)C(=N)C(Cc1c[nH]c2ccccc12)NC(=O)C(CC(=O)O)NC(=O)CNC(=O)CCCC1CCNCC1. The Bertz CT molecular complexity index is 1280. The molecular formula is C30H46N8O5. The number of piperidine rings is 1. The van der Waals surface area contributed by atoms with E-state index in [4.69, 9.17) is 11.3 Å². The largest absolute Gasteiger partial charge is 0.481 e. The van der Waals surface area contributed by atoms with Gasteiger partial charge in [0, 0.05) is 35.5 Å². The van der Waals surface area contributed by atoms with Crippen LogP contribution in [0.5, 0.6) is 0 Å². The van der Waals surface area contributed by atoms with Crippen LogP contribution in [0.25, 0.3) is 10.9 Å². The zero-order chi connectivity index (χ0) is 31.6. The van der Waals surface area contributed by atoms with Gasteiger partial charge in [-0.05, 0) is 77.1 Å². The Balaban J connectivity index is 1.63. The van der Waals surface area contributed by atoms with Crippen LogP contribution in [0.3, 0.4) is 0 Å². The lowest BCUT2D eigenvalue weighted by Crippen LogP contribution is -2.60. The van der Waals surface area contributed by atoms with Gasteiger partial charge < -0.3 is 31.4 Å². The number of aromatic nitrogens is 1. The Morgan fingerprint density at radius 1 is 1.09 bits per heavy atom. The number of rotatable bonds is 14. The highest BCUT2D eigenvalue weighted by Crippen LogP contribution is 2.21. The van der Waals surface area contributed by atoms with Crippen molar-refractivity contribution in [2.75, 3.05) is 19.6 Å². The van der Waals surface area contributed by atoms with Gasteiger partial charge in [0.05, 0.1) is 19.0 Å². The number of amides is 3. The zero-order valence-corrected chi connectivity index (χ0v) is 25.3. The summed E-state index contributed by atoms with van der Waals surface area (Å²) in [4.78, 5) is 53.1. The van der Waals surface area contributed by atoms with E-state index in [1.807, 2.05) is 45.0 Å². The third kappa shape index (κ3) is 10.4. The summed E-state index contributed by atoms with van der Waals surface area (Å²) in [7, 11) is 0. The van der Waals surface area contributed by atoms with Crippen LogP contribution >= 0.6 is 0 Å². The number of nitrogens with two attached hydrogens (primary N) is 1. The van der Waals surface area contributed by atoms with E-state index in [1.54, 1.807) is 6.20 Å². The smallest absolute Gasteiger partial charge is 0.305 e. The van der Waals surface area contributed by atoms with E-state index in [9.17, 15) is 24.3 Å². The summed E-state index contributed by atoms with van der Waals surface area (Å²) in [6, 6.07) is 5.25. The average Bonchev–Trinajstić information content (AvgIpc) is 3.37. The highest BCUT2D eigenvalue weighted by Gasteiger charge is 2.32. The number of amidine groups is 1. The molecule has 2 atom stereocenters. The van der Waals surface area contributed by atoms with E-state index in [0.29, 0.717) is 5.92 Å². The Morgan fingerprint density at radius 2 is 1.79 bits per heavy atom. The van der Waals surface area contributed by atoms with E-state index in [2.05, 4.69) is 26.3 Å². The fraction of sp³-hybridized carbons (Fsp3) is 0.567. The predicted molar refractivity (Wildman–Crippen MR) is 164 cm³/mol. The maximum atomic E-state index is 13.4. The topological polar surface area (TPSA) is 206 Å². The minimum atomic E-state index is -1.43. The highest BCUT2D eigenvalue weighted by atomic mass is 16.4. The van der Waals surface area contributed by atoms with Crippen molar-refractivity contribution in [2.45, 2.75) is 83.3 Å². The predicted octanol–water partition coefficient (Wildman–Crippen LogP) is 1.39. The normalized spacial score (nSPS) is 15.3. The van der Waals surface area contributed by atoms with Crippen LogP contribution in [-0.4, -0.2) is 81.9 Å². The number of hydrogen-bond donors (Lipinski definition) is 8. The van der Waals surface area contributed by atoms with Gasteiger partial charge in [0.2, 0.25) is 17.7 Å². The summed E-state index contributed by atoms with van der Waals surface area (Å²) < 4.78 is 0. The molecule has 1 saturated heterocycles. The molecule has 0 radical (unpaired) electrons. The van der Waals surface area contributed by atoms with Gasteiger partial charge in [0.1, 0.15) is 11.9 Å². The van der Waals surface area contributed by atoms with Gasteiger partial charge in [-0.1, -0.05) is 18.2 Å². The van der Waals surface area contributed by atoms with Crippen molar-refractivity contribution < 1.29 is 24.3 Å². The number of aliphatic carboxylic acids is 1. The number of para-hydroxylation sites is 1. The second kappa shape index (κ2) is 15.5. The first kappa shape index (κ1) is 33.5. The molecule has 9 N–H and O–H groups in total. The maximum absolute atomic E-state index is 13.4. The first-order valence-electron chi connectivity index (χ1n) is 14.8. The van der Waals surface area contributed by atoms with Gasteiger partial charge in [0.25, 0.3) is 0 Å². The lowest BCUT2D eigenvalue weighted by Gasteiger charge is -2.36. The van der Waals surface area contributed by atoms with Crippen LogP contribution in [0.1, 0.15) is 64.9 Å². The molecular weight excluding hydrogens is 552 g/mol. The molecule has 1 aliphatic heterocycles. The summed E-state index contributed by atoms with van der Waals surface area (Å²) in [5, 5.41) is 31.4. The van der Waals surface area contributed by atoms with Crippen molar-refractivity contribution in [1.29, 1.82) is 5.41 Å². The molecule has 0 bridgehead atoms. The van der Waals surface area contributed by atoms with Crippen molar-refractivity contribution in [3.63, 3.8) is 0 Å². The average molecular weight is 599 g/mol. The van der Waals surface area contributed by atoms with Crippen LogP contribution in [0.2, 0.25) is 0 Å². The van der Waals surface area contributed by atoms with Crippen molar-refractivity contribution >= 4 is 40.4 Å². The summed E-state index contributed by atoms with van der Waals surface area (Å²) in [6.07, 6.45) is 5.46. The Labute approximate surface area is 252 Å². The molecule has 0 spiro atoms. The Kier molecular flexibility index (Phi) is 12.1. The number of fused-ring (bicyclic) bond motifs is 1. The van der Waals surface area contributed by atoms with Crippen LogP contribution in [0.4, 0.5) is 0 Å². The van der Waals surface area contributed by atoms with Crippen molar-refractivity contribution in [3.8, 4) is 0 Å². The molecule has 43 heavy (non-hydrogen) atoms. The molecule has 1 aliphatic rings. The highest BCUT2D eigenvalue weighted by molar-refractivity contribution is 5.96. The lowest BCUT2D eigenvalue weighted by molar-refractivity contribution is -0.140. The molecule has 1 aromatic heterocycles. The number of H-pyrrole nitrogens is 1. The molecule has 2 heterocycles. The lowest BCUT2D eigenvalue weighted by atomic mass is 9.92. The standard InChI is InChI=1S/C30H46N8O5/c1-30(2,3)38(32)28(31)23(15-20-17-34-22-9-5-4-8-21(20)22)37-29(43)24(16-27(41)42)36-26(40)18-35-25(39)10-6-7-19-11-13-33-14-12-19/h4-5,8-9,17,19,23-24,31,33-34H,6-7,10-16,18,32H2,1-3H3,(H,35,39)(H,36,40)(H,37,43)(H,41,42). The quantitative estimate of drug-likeness (QED) is 0.0689. The summed E-state index contributed by atoms with van der Waals surface area (Å²) in [6.45, 7) is 7.07. The second-order valence-electron chi connectivity index (χ2n) is 12.1. The first-order valence-corrected chi connectivity index (χ1v) is 14.8. The van der Waals surface area contributed by atoms with Gasteiger partial charge >= 0.3 is 5.97 Å². The number of carbonyl (C=O) groups is 4. The van der Waals surface area contributed by atoms with Crippen molar-refractivity contribution in [2.24, 2.45) is 11.8 Å². The zero-order valence-electron chi connectivity index (χ0n) is 25.3. The fourth-order valence-corrected chi connectivity index (χ4v) is 5.16. The van der Waals surface area contributed by atoms with E-state index in [1.165, 1.54) is 5.01 Å². The first-order chi connectivity index (χ1) is 20.3. The summed E-state index contributed by atoms with van der Waals surface area (Å²) in [5.41, 5.74) is 1.08. The summed E-state index contributed by atoms with van der Waals surface area (Å²) >= 11 is 0. The maximum Gasteiger partial charge on any atom is 0.305 e. The number of nitrogens with one attached hydrogen (secondary N) is 6. The minimum Gasteiger partial charge on any atom is -0.481 e. The van der Waals surface area contributed by atoms with Crippen molar-refractivity contribution in [1.82, 2.24) is 31.3 Å². The summed E-state index contributed by atoms with van der Waals surface area (Å²) in [5.74, 6) is 3.72. The minimum absolute atomic E-state index is 0.0803. The Hall–Kier alpha value is -3.97. The van der Waals surface area contributed by atoms with Crippen LogP contribution in [-0.2, 0) is 25.6 Å².